The van der Waals surface area contributed by atoms with Gasteiger partial charge < -0.3 is 5.73 Å². The second-order valence-corrected chi connectivity index (χ2v) is 6.18. The van der Waals surface area contributed by atoms with E-state index in [1.807, 2.05) is 24.3 Å². The van der Waals surface area contributed by atoms with Crippen molar-refractivity contribution in [3.05, 3.63) is 28.7 Å². The van der Waals surface area contributed by atoms with E-state index in [4.69, 9.17) is 5.73 Å². The molecule has 4 heteroatoms. The molecule has 1 rings (SSSR count). The van der Waals surface area contributed by atoms with E-state index in [1.165, 1.54) is 0 Å². The Hall–Kier alpha value is -0.190. The number of benzene rings is 1. The Morgan fingerprint density at radius 2 is 2.12 bits per heavy atom. The van der Waals surface area contributed by atoms with Crippen LogP contribution in [0.15, 0.2) is 33.6 Å². The molecule has 0 aliphatic rings. The minimum atomic E-state index is -0.916. The number of hydrogen-bond donors (Lipinski definition) is 1. The van der Waals surface area contributed by atoms with Gasteiger partial charge in [-0.25, -0.2) is 0 Å². The summed E-state index contributed by atoms with van der Waals surface area (Å²) < 4.78 is 12.9. The molecule has 90 valence electrons. The molecule has 1 aromatic rings. The number of rotatable bonds is 6. The monoisotopic (exact) mass is 303 g/mol. The molecule has 0 fully saturated rings. The molecule has 0 saturated carbocycles. The van der Waals surface area contributed by atoms with Gasteiger partial charge in [0.15, 0.2) is 0 Å². The first-order chi connectivity index (χ1) is 7.65. The lowest BCUT2D eigenvalue weighted by Crippen LogP contribution is -2.19. The van der Waals surface area contributed by atoms with Gasteiger partial charge in [-0.1, -0.05) is 19.1 Å². The van der Waals surface area contributed by atoms with E-state index >= 15 is 0 Å². The van der Waals surface area contributed by atoms with Crippen LogP contribution in [0.2, 0.25) is 0 Å². The Labute approximate surface area is 108 Å². The normalized spacial score (nSPS) is 14.7. The average molecular weight is 304 g/mol. The SMILES string of the molecule is CCC(N)CCCS(=O)c1ccccc1Br. The van der Waals surface area contributed by atoms with Crippen molar-refractivity contribution in [2.45, 2.75) is 37.1 Å². The molecule has 2 atom stereocenters. The van der Waals surface area contributed by atoms with Crippen molar-refractivity contribution >= 4 is 26.7 Å². The maximum absolute atomic E-state index is 12.0. The van der Waals surface area contributed by atoms with Gasteiger partial charge in [0, 0.05) is 16.3 Å². The van der Waals surface area contributed by atoms with Crippen LogP contribution in [0.1, 0.15) is 26.2 Å². The summed E-state index contributed by atoms with van der Waals surface area (Å²) in [7, 11) is -0.916. The zero-order valence-electron chi connectivity index (χ0n) is 9.49. The van der Waals surface area contributed by atoms with E-state index in [0.29, 0.717) is 5.75 Å². The molecule has 2 unspecified atom stereocenters. The summed E-state index contributed by atoms with van der Waals surface area (Å²) in [5.74, 6) is 0.691. The Balaban J connectivity index is 2.44. The molecule has 0 aliphatic heterocycles. The van der Waals surface area contributed by atoms with Crippen molar-refractivity contribution < 1.29 is 4.21 Å². The summed E-state index contributed by atoms with van der Waals surface area (Å²) in [6.07, 6.45) is 2.86. The summed E-state index contributed by atoms with van der Waals surface area (Å²) in [6, 6.07) is 7.91. The van der Waals surface area contributed by atoms with Crippen LogP contribution in [0.25, 0.3) is 0 Å². The maximum atomic E-state index is 12.0. The Kier molecular flexibility index (Phi) is 6.24. The third-order valence-corrected chi connectivity index (χ3v) is 4.97. The Morgan fingerprint density at radius 1 is 1.44 bits per heavy atom. The second kappa shape index (κ2) is 7.20. The fraction of sp³-hybridized carbons (Fsp3) is 0.500. The van der Waals surface area contributed by atoms with Crippen molar-refractivity contribution in [2.75, 3.05) is 5.75 Å². The molecule has 0 radical (unpaired) electrons. The first-order valence-corrected chi connectivity index (χ1v) is 7.64. The zero-order valence-corrected chi connectivity index (χ0v) is 11.9. The van der Waals surface area contributed by atoms with Crippen LogP contribution in [0, 0.1) is 0 Å². The Bertz CT molecular complexity index is 357. The van der Waals surface area contributed by atoms with Crippen LogP contribution in [0.5, 0.6) is 0 Å². The minimum Gasteiger partial charge on any atom is -0.328 e. The van der Waals surface area contributed by atoms with Crippen molar-refractivity contribution in [3.63, 3.8) is 0 Å². The van der Waals surface area contributed by atoms with E-state index in [9.17, 15) is 4.21 Å². The van der Waals surface area contributed by atoms with Crippen LogP contribution in [-0.4, -0.2) is 16.0 Å². The number of halogens is 1. The summed E-state index contributed by atoms with van der Waals surface area (Å²) in [6.45, 7) is 2.08. The molecule has 0 saturated heterocycles. The zero-order chi connectivity index (χ0) is 12.0. The first-order valence-electron chi connectivity index (χ1n) is 5.53. The second-order valence-electron chi connectivity index (χ2n) is 3.79. The Morgan fingerprint density at radius 3 is 2.75 bits per heavy atom. The van der Waals surface area contributed by atoms with Crippen molar-refractivity contribution in [2.24, 2.45) is 5.73 Å². The largest absolute Gasteiger partial charge is 0.328 e. The van der Waals surface area contributed by atoms with Gasteiger partial charge in [-0.05, 0) is 47.3 Å². The summed E-state index contributed by atoms with van der Waals surface area (Å²) >= 11 is 3.41. The van der Waals surface area contributed by atoms with Crippen LogP contribution in [0.3, 0.4) is 0 Å². The predicted molar refractivity (Wildman–Crippen MR) is 72.9 cm³/mol. The molecule has 2 nitrogen and oxygen atoms in total. The van der Waals surface area contributed by atoms with Crippen molar-refractivity contribution in [3.8, 4) is 0 Å². The molecule has 2 N–H and O–H groups in total. The molecule has 0 aromatic heterocycles. The summed E-state index contributed by atoms with van der Waals surface area (Å²) in [5, 5.41) is 0. The van der Waals surface area contributed by atoms with Crippen LogP contribution >= 0.6 is 15.9 Å². The van der Waals surface area contributed by atoms with Gasteiger partial charge in [0.2, 0.25) is 0 Å². The van der Waals surface area contributed by atoms with Gasteiger partial charge in [-0.15, -0.1) is 0 Å². The van der Waals surface area contributed by atoms with E-state index in [1.54, 1.807) is 0 Å². The van der Waals surface area contributed by atoms with Gasteiger partial charge in [-0.3, -0.25) is 4.21 Å². The van der Waals surface area contributed by atoms with E-state index < -0.39 is 10.8 Å². The quantitative estimate of drug-likeness (QED) is 0.877. The van der Waals surface area contributed by atoms with Crippen LogP contribution in [-0.2, 0) is 10.8 Å². The molecule has 16 heavy (non-hydrogen) atoms. The van der Waals surface area contributed by atoms with Crippen LogP contribution in [0.4, 0.5) is 0 Å². The smallest absolute Gasteiger partial charge is 0.0541 e. The lowest BCUT2D eigenvalue weighted by atomic mass is 10.1. The van der Waals surface area contributed by atoms with Gasteiger partial charge in [-0.2, -0.15) is 0 Å². The lowest BCUT2D eigenvalue weighted by Gasteiger charge is -2.08. The third-order valence-electron chi connectivity index (χ3n) is 2.51. The first kappa shape index (κ1) is 13.9. The highest BCUT2D eigenvalue weighted by Crippen LogP contribution is 2.20. The number of hydrogen-bond acceptors (Lipinski definition) is 2. The van der Waals surface area contributed by atoms with E-state index in [0.717, 1.165) is 28.6 Å². The van der Waals surface area contributed by atoms with Gasteiger partial charge in [0.05, 0.1) is 15.7 Å². The molecular formula is C12H18BrNOS. The molecule has 0 amide bonds. The average Bonchev–Trinajstić information content (AvgIpc) is 2.29. The molecule has 0 aliphatic carbocycles. The minimum absolute atomic E-state index is 0.246. The van der Waals surface area contributed by atoms with E-state index in [2.05, 4.69) is 22.9 Å². The lowest BCUT2D eigenvalue weighted by molar-refractivity contribution is 0.586. The van der Waals surface area contributed by atoms with Crippen molar-refractivity contribution in [1.29, 1.82) is 0 Å². The fourth-order valence-corrected chi connectivity index (χ4v) is 3.41. The molecular weight excluding hydrogens is 286 g/mol. The van der Waals surface area contributed by atoms with Gasteiger partial charge in [0.1, 0.15) is 0 Å². The maximum Gasteiger partial charge on any atom is 0.0541 e. The van der Waals surface area contributed by atoms with Gasteiger partial charge >= 0.3 is 0 Å². The highest BCUT2D eigenvalue weighted by Gasteiger charge is 2.08. The predicted octanol–water partition coefficient (Wildman–Crippen LogP) is 3.07. The highest BCUT2D eigenvalue weighted by atomic mass is 79.9. The third kappa shape index (κ3) is 4.36. The summed E-state index contributed by atoms with van der Waals surface area (Å²) in [5.41, 5.74) is 5.82. The standard InChI is InChI=1S/C12H18BrNOS/c1-2-10(14)6-5-9-16(15)12-8-4-3-7-11(12)13/h3-4,7-8,10H,2,5-6,9,14H2,1H3. The highest BCUT2D eigenvalue weighted by molar-refractivity contribution is 9.10. The molecule has 0 heterocycles. The van der Waals surface area contributed by atoms with Crippen LogP contribution < -0.4 is 5.73 Å². The fourth-order valence-electron chi connectivity index (χ4n) is 1.42. The number of nitrogens with two attached hydrogens (primary N) is 1. The molecule has 0 spiro atoms. The molecule has 1 aromatic carbocycles. The van der Waals surface area contributed by atoms with Crippen molar-refractivity contribution in [1.82, 2.24) is 0 Å². The molecule has 0 bridgehead atoms. The topological polar surface area (TPSA) is 43.1 Å². The summed E-state index contributed by atoms with van der Waals surface area (Å²) in [4.78, 5) is 0.882. The van der Waals surface area contributed by atoms with Gasteiger partial charge in [0.25, 0.3) is 0 Å². The van der Waals surface area contributed by atoms with E-state index in [-0.39, 0.29) is 6.04 Å².